The molecule has 50 heavy (non-hydrogen) atoms. The van der Waals surface area contributed by atoms with Crippen LogP contribution in [0.3, 0.4) is 0 Å². The van der Waals surface area contributed by atoms with Gasteiger partial charge < -0.3 is 44.6 Å². The highest BCUT2D eigenvalue weighted by atomic mass is 16.6. The summed E-state index contributed by atoms with van der Waals surface area (Å²) in [6.45, 7) is 5.33. The first-order valence-electron chi connectivity index (χ1n) is 17.9. The summed E-state index contributed by atoms with van der Waals surface area (Å²) in [4.78, 5) is 58.9. The van der Waals surface area contributed by atoms with E-state index in [0.717, 1.165) is 43.4 Å². The largest absolute Gasteiger partial charge is 0.504 e. The van der Waals surface area contributed by atoms with Gasteiger partial charge in [-0.3, -0.25) is 4.79 Å². The molecule has 2 aromatic carbocycles. The van der Waals surface area contributed by atoms with Crippen molar-refractivity contribution >= 4 is 29.8 Å². The van der Waals surface area contributed by atoms with Gasteiger partial charge in [-0.15, -0.1) is 0 Å². The molecular weight excluding hydrogens is 642 g/mol. The summed E-state index contributed by atoms with van der Waals surface area (Å²) in [7, 11) is 1.47. The van der Waals surface area contributed by atoms with Gasteiger partial charge >= 0.3 is 18.2 Å². The van der Waals surface area contributed by atoms with E-state index in [9.17, 15) is 29.4 Å². The number of para-hydroxylation sites is 1. The third-order valence-electron chi connectivity index (χ3n) is 11.1. The smallest absolute Gasteiger partial charge is 0.410 e. The predicted octanol–water partition coefficient (Wildman–Crippen LogP) is 4.94. The van der Waals surface area contributed by atoms with Crippen LogP contribution >= 0.6 is 0 Å². The number of methoxy groups -OCH3 is 1. The van der Waals surface area contributed by atoms with E-state index in [-0.39, 0.29) is 35.9 Å². The van der Waals surface area contributed by atoms with E-state index in [1.165, 1.54) is 12.0 Å². The van der Waals surface area contributed by atoms with Crippen molar-refractivity contribution in [3.8, 4) is 11.5 Å². The fourth-order valence-corrected chi connectivity index (χ4v) is 8.14. The normalized spacial score (nSPS) is 20.1. The van der Waals surface area contributed by atoms with E-state index in [1.54, 1.807) is 28.9 Å². The van der Waals surface area contributed by atoms with E-state index in [2.05, 4.69) is 5.32 Å². The Morgan fingerprint density at radius 1 is 0.880 bits per heavy atom. The molecule has 3 fully saturated rings. The number of urea groups is 1. The number of anilines is 1. The van der Waals surface area contributed by atoms with Crippen LogP contribution in [0.2, 0.25) is 0 Å². The van der Waals surface area contributed by atoms with Gasteiger partial charge in [0.1, 0.15) is 0 Å². The molecule has 4 heterocycles. The minimum absolute atomic E-state index is 0.0177. The van der Waals surface area contributed by atoms with Gasteiger partial charge in [0.2, 0.25) is 0 Å². The number of hydrogen-bond acceptors (Lipinski definition) is 7. The number of aryl methyl sites for hydroxylation is 1. The maximum absolute atomic E-state index is 14.1. The Kier molecular flexibility index (Phi) is 10.9. The van der Waals surface area contributed by atoms with Crippen molar-refractivity contribution in [2.45, 2.75) is 70.4 Å². The topological polar surface area (TPSA) is 152 Å². The third-order valence-corrected chi connectivity index (χ3v) is 11.1. The van der Waals surface area contributed by atoms with E-state index in [0.29, 0.717) is 81.6 Å². The molecule has 0 unspecified atom stereocenters. The highest BCUT2D eigenvalue weighted by Gasteiger charge is 2.37. The van der Waals surface area contributed by atoms with Crippen LogP contribution in [0.1, 0.15) is 55.2 Å². The number of nitrogens with zero attached hydrogens (tertiary/aromatic N) is 4. The number of nitrogens with one attached hydrogen (secondary N) is 1. The number of ether oxygens (including phenoxy) is 2. The van der Waals surface area contributed by atoms with Crippen LogP contribution in [0.15, 0.2) is 36.4 Å². The van der Waals surface area contributed by atoms with Crippen LogP contribution < -0.4 is 10.1 Å². The van der Waals surface area contributed by atoms with Gasteiger partial charge in [0.25, 0.3) is 5.91 Å². The number of phenols is 1. The molecule has 0 spiro atoms. The van der Waals surface area contributed by atoms with Crippen LogP contribution in [-0.2, 0) is 22.4 Å². The lowest BCUT2D eigenvalue weighted by molar-refractivity contribution is -0.142. The number of phenolic OH excluding ortho intramolecular Hbond substituents is 1. The number of amides is 5. The second kappa shape index (κ2) is 15.5. The van der Waals surface area contributed by atoms with Gasteiger partial charge in [0.15, 0.2) is 17.6 Å². The van der Waals surface area contributed by atoms with Crippen molar-refractivity contribution in [1.82, 2.24) is 19.6 Å². The van der Waals surface area contributed by atoms with E-state index in [4.69, 9.17) is 9.47 Å². The number of carbonyl (C=O) groups is 4. The van der Waals surface area contributed by atoms with Gasteiger partial charge in [-0.25, -0.2) is 14.4 Å². The van der Waals surface area contributed by atoms with Crippen molar-refractivity contribution in [3.63, 3.8) is 0 Å². The van der Waals surface area contributed by atoms with E-state index >= 15 is 0 Å². The molecule has 0 aromatic heterocycles. The number of hydrogen-bond donors (Lipinski definition) is 3. The van der Waals surface area contributed by atoms with Gasteiger partial charge in [0.05, 0.1) is 7.11 Å². The Morgan fingerprint density at radius 3 is 2.14 bits per heavy atom. The summed E-state index contributed by atoms with van der Waals surface area (Å²) >= 11 is 0. The molecule has 3 saturated heterocycles. The Morgan fingerprint density at radius 2 is 1.50 bits per heavy atom. The Hall–Kier alpha value is -4.68. The maximum Gasteiger partial charge on any atom is 0.410 e. The molecule has 3 N–H and O–H groups in total. The van der Waals surface area contributed by atoms with Gasteiger partial charge in [0, 0.05) is 64.0 Å². The first-order chi connectivity index (χ1) is 24.1. The molecule has 270 valence electrons. The molecule has 5 amide bonds. The highest BCUT2D eigenvalue weighted by Crippen LogP contribution is 2.34. The number of piperidine rings is 3. The zero-order chi connectivity index (χ0) is 35.4. The predicted molar refractivity (Wildman–Crippen MR) is 185 cm³/mol. The fraction of sp³-hybridized carbons (Fsp3) is 0.568. The number of benzene rings is 2. The molecule has 13 nitrogen and oxygen atoms in total. The maximum atomic E-state index is 14.1. The van der Waals surface area contributed by atoms with Crippen molar-refractivity contribution in [3.05, 3.63) is 53.1 Å². The molecule has 0 bridgehead atoms. The third kappa shape index (κ3) is 7.87. The van der Waals surface area contributed by atoms with Crippen molar-refractivity contribution in [2.24, 2.45) is 11.8 Å². The fourth-order valence-electron chi connectivity index (χ4n) is 8.14. The summed E-state index contributed by atoms with van der Waals surface area (Å²) in [6.07, 6.45) is 2.89. The molecule has 0 radical (unpaired) electrons. The zero-order valence-electron chi connectivity index (χ0n) is 29.0. The Labute approximate surface area is 293 Å². The first kappa shape index (κ1) is 35.2. The molecule has 0 saturated carbocycles. The van der Waals surface area contributed by atoms with Crippen LogP contribution in [0.25, 0.3) is 0 Å². The summed E-state index contributed by atoms with van der Waals surface area (Å²) in [5, 5.41) is 22.7. The minimum Gasteiger partial charge on any atom is -0.504 e. The van der Waals surface area contributed by atoms with E-state index in [1.807, 2.05) is 29.2 Å². The van der Waals surface area contributed by atoms with Crippen LogP contribution in [0.5, 0.6) is 11.5 Å². The van der Waals surface area contributed by atoms with E-state index < -0.39 is 18.3 Å². The molecule has 1 atom stereocenters. The quantitative estimate of drug-likeness (QED) is 0.370. The lowest BCUT2D eigenvalue weighted by Crippen LogP contribution is -2.52. The number of carboxylic acid groups (broad SMARTS) is 1. The molecule has 0 aliphatic carbocycles. The number of carbonyl (C=O) groups excluding carboxylic acids is 3. The zero-order valence-corrected chi connectivity index (χ0v) is 29.0. The number of fused-ring (bicyclic) bond motifs is 1. The highest BCUT2D eigenvalue weighted by molar-refractivity contribution is 5.91. The van der Waals surface area contributed by atoms with Crippen molar-refractivity contribution in [2.75, 3.05) is 58.2 Å². The Bertz CT molecular complexity index is 1560. The Balaban J connectivity index is 1.08. The average Bonchev–Trinajstić information content (AvgIpc) is 3.30. The van der Waals surface area contributed by atoms with Gasteiger partial charge in [-0.1, -0.05) is 24.3 Å². The van der Waals surface area contributed by atoms with Crippen molar-refractivity contribution < 1.29 is 38.9 Å². The van der Waals surface area contributed by atoms with Crippen molar-refractivity contribution in [1.29, 1.82) is 0 Å². The van der Waals surface area contributed by atoms with Gasteiger partial charge in [-0.2, -0.15) is 0 Å². The molecule has 4 aliphatic heterocycles. The summed E-state index contributed by atoms with van der Waals surface area (Å²) in [6, 6.07) is 11.1. The summed E-state index contributed by atoms with van der Waals surface area (Å²) < 4.78 is 11.4. The summed E-state index contributed by atoms with van der Waals surface area (Å²) in [5.74, 6) is 0.911. The number of aromatic hydroxyl groups is 1. The lowest BCUT2D eigenvalue weighted by Gasteiger charge is -2.40. The first-order valence-corrected chi connectivity index (χ1v) is 17.9. The van der Waals surface area contributed by atoms with Crippen LogP contribution in [-0.4, -0.2) is 119 Å². The SMILES string of the molecule is COc1cc(C[C@@H](OC(=O)N2CCC(N3CCc4ccccc4NC3=O)CC2)C(=O)N2CCC(C3CCN(C(=O)O)CC3)CC2)cc(C)c1O. The van der Waals surface area contributed by atoms with Crippen LogP contribution in [0.4, 0.5) is 20.1 Å². The second-order valence-electron chi connectivity index (χ2n) is 14.1. The summed E-state index contributed by atoms with van der Waals surface area (Å²) in [5.41, 5.74) is 3.24. The molecule has 2 aromatic rings. The monoisotopic (exact) mass is 691 g/mol. The minimum atomic E-state index is -1.07. The van der Waals surface area contributed by atoms with Crippen LogP contribution in [0, 0.1) is 18.8 Å². The lowest BCUT2D eigenvalue weighted by atomic mass is 9.79. The second-order valence-corrected chi connectivity index (χ2v) is 14.1. The number of likely N-dealkylation sites (tertiary alicyclic amines) is 3. The number of rotatable bonds is 7. The molecule has 13 heteroatoms. The molecular formula is C37H49N5O8. The standard InChI is InChI=1S/C37H49N5O8/c1-24-21-25(22-31(49-2)33(24)43)23-32(34(44)39-14-7-26(8-15-39)27-9-16-40(17-10-27)36(46)47)50-37(48)41-18-12-29(13-19-41)42-20-11-28-5-3-4-6-30(28)38-35(42)45/h3-6,21-22,26-27,29,32,43H,7-20,23H2,1-2H3,(H,38,45)(H,46,47)/t32-/m1/s1. The van der Waals surface area contributed by atoms with Gasteiger partial charge in [-0.05, 0) is 92.5 Å². The molecule has 6 rings (SSSR count). The molecule has 4 aliphatic rings. The average molecular weight is 692 g/mol.